The van der Waals surface area contributed by atoms with Gasteiger partial charge in [0, 0.05) is 12.4 Å². The third-order valence-electron chi connectivity index (χ3n) is 3.01. The van der Waals surface area contributed by atoms with Crippen molar-refractivity contribution in [1.82, 2.24) is 5.32 Å². The smallest absolute Gasteiger partial charge is 0.254 e. The molecule has 0 saturated carbocycles. The number of hydrogen-bond donors (Lipinski definition) is 2. The van der Waals surface area contributed by atoms with Gasteiger partial charge in [-0.25, -0.2) is 0 Å². The molecule has 0 bridgehead atoms. The molecule has 88 valence electrons. The predicted molar refractivity (Wildman–Crippen MR) is 68.5 cm³/mol. The molecule has 0 unspecified atom stereocenters. The molecule has 2 aromatic carbocycles. The van der Waals surface area contributed by atoms with Crippen molar-refractivity contribution < 1.29 is 9.90 Å². The summed E-state index contributed by atoms with van der Waals surface area (Å²) < 4.78 is 0. The predicted octanol–water partition coefficient (Wildman–Crippen LogP) is 2.52. The molecule has 0 aliphatic heterocycles. The summed E-state index contributed by atoms with van der Waals surface area (Å²) in [5.74, 6) is -0.220. The Labute approximate surface area is 100 Å². The van der Waals surface area contributed by atoms with Crippen LogP contribution in [0.3, 0.4) is 0 Å². The second-order valence-corrected chi connectivity index (χ2v) is 4.17. The Kier molecular flexibility index (Phi) is 2.76. The summed E-state index contributed by atoms with van der Waals surface area (Å²) in [4.78, 5) is 11.6. The zero-order chi connectivity index (χ0) is 12.6. The fourth-order valence-electron chi connectivity index (χ4n) is 2.20. The first-order valence-electron chi connectivity index (χ1n) is 5.50. The molecular formula is C14H15NO2. The monoisotopic (exact) mass is 229 g/mol. The average molecular weight is 229 g/mol. The molecule has 0 fully saturated rings. The van der Waals surface area contributed by atoms with E-state index in [9.17, 15) is 9.90 Å². The van der Waals surface area contributed by atoms with Crippen LogP contribution in [0.2, 0.25) is 0 Å². The van der Waals surface area contributed by atoms with E-state index in [0.29, 0.717) is 5.56 Å². The molecule has 0 atom stereocenters. The van der Waals surface area contributed by atoms with Gasteiger partial charge in [-0.3, -0.25) is 4.79 Å². The number of fused-ring (bicyclic) bond motifs is 1. The second kappa shape index (κ2) is 4.09. The quantitative estimate of drug-likeness (QED) is 0.789. The van der Waals surface area contributed by atoms with Crippen molar-refractivity contribution in [3.05, 3.63) is 41.0 Å². The molecule has 2 rings (SSSR count). The maximum atomic E-state index is 11.6. The van der Waals surface area contributed by atoms with Gasteiger partial charge in [-0.05, 0) is 36.4 Å². The van der Waals surface area contributed by atoms with Crippen LogP contribution in [0.15, 0.2) is 24.3 Å². The van der Waals surface area contributed by atoms with Gasteiger partial charge in [0.1, 0.15) is 5.75 Å². The third-order valence-corrected chi connectivity index (χ3v) is 3.01. The number of amides is 1. The van der Waals surface area contributed by atoms with Crippen LogP contribution in [0.25, 0.3) is 10.8 Å². The summed E-state index contributed by atoms with van der Waals surface area (Å²) in [7, 11) is 1.55. The fraction of sp³-hybridized carbons (Fsp3) is 0.214. The zero-order valence-electron chi connectivity index (χ0n) is 10.2. The van der Waals surface area contributed by atoms with Crippen molar-refractivity contribution in [3.63, 3.8) is 0 Å². The van der Waals surface area contributed by atoms with Crippen LogP contribution in [0, 0.1) is 13.8 Å². The number of benzene rings is 2. The number of carbonyl (C=O) groups is 1. The van der Waals surface area contributed by atoms with Crippen molar-refractivity contribution >= 4 is 16.7 Å². The van der Waals surface area contributed by atoms with Crippen molar-refractivity contribution in [2.75, 3.05) is 7.05 Å². The van der Waals surface area contributed by atoms with Gasteiger partial charge in [-0.15, -0.1) is 0 Å². The highest BCUT2D eigenvalue weighted by molar-refractivity contribution is 6.05. The van der Waals surface area contributed by atoms with Crippen LogP contribution >= 0.6 is 0 Å². The number of rotatable bonds is 1. The molecule has 2 aromatic rings. The molecule has 0 aliphatic carbocycles. The van der Waals surface area contributed by atoms with E-state index in [1.807, 2.05) is 32.0 Å². The van der Waals surface area contributed by atoms with Crippen molar-refractivity contribution in [2.45, 2.75) is 13.8 Å². The minimum Gasteiger partial charge on any atom is -0.506 e. The van der Waals surface area contributed by atoms with Crippen molar-refractivity contribution in [3.8, 4) is 5.75 Å². The molecular weight excluding hydrogens is 214 g/mol. The Morgan fingerprint density at radius 1 is 1.24 bits per heavy atom. The van der Waals surface area contributed by atoms with Crippen LogP contribution in [0.4, 0.5) is 0 Å². The molecule has 2 N–H and O–H groups in total. The Morgan fingerprint density at radius 3 is 2.59 bits per heavy atom. The average Bonchev–Trinajstić information content (AvgIpc) is 2.32. The van der Waals surface area contributed by atoms with Gasteiger partial charge >= 0.3 is 0 Å². The van der Waals surface area contributed by atoms with Crippen LogP contribution in [-0.4, -0.2) is 18.1 Å². The summed E-state index contributed by atoms with van der Waals surface area (Å²) in [5, 5.41) is 14.4. The molecule has 17 heavy (non-hydrogen) atoms. The van der Waals surface area contributed by atoms with E-state index in [4.69, 9.17) is 0 Å². The van der Waals surface area contributed by atoms with Crippen LogP contribution in [0.1, 0.15) is 21.5 Å². The van der Waals surface area contributed by atoms with Gasteiger partial charge in [0.25, 0.3) is 5.91 Å². The summed E-state index contributed by atoms with van der Waals surface area (Å²) in [6.07, 6.45) is 0. The van der Waals surface area contributed by atoms with Gasteiger partial charge in [0.2, 0.25) is 0 Å². The first kappa shape index (κ1) is 11.5. The van der Waals surface area contributed by atoms with E-state index in [0.717, 1.165) is 21.9 Å². The lowest BCUT2D eigenvalue weighted by atomic mass is 9.96. The highest BCUT2D eigenvalue weighted by Gasteiger charge is 2.15. The SMILES string of the molecule is CNC(=O)c1cc(C)c2c(C)cccc2c1O. The lowest BCUT2D eigenvalue weighted by molar-refractivity contribution is 0.0960. The number of carbonyl (C=O) groups excluding carboxylic acids is 1. The first-order chi connectivity index (χ1) is 8.06. The number of phenols is 1. The zero-order valence-corrected chi connectivity index (χ0v) is 10.2. The highest BCUT2D eigenvalue weighted by atomic mass is 16.3. The summed E-state index contributed by atoms with van der Waals surface area (Å²) in [5.41, 5.74) is 2.41. The molecule has 0 heterocycles. The summed E-state index contributed by atoms with van der Waals surface area (Å²) >= 11 is 0. The third kappa shape index (κ3) is 1.73. The highest BCUT2D eigenvalue weighted by Crippen LogP contribution is 2.33. The molecule has 1 amide bonds. The number of aryl methyl sites for hydroxylation is 2. The summed E-state index contributed by atoms with van der Waals surface area (Å²) in [6.45, 7) is 3.94. The van der Waals surface area contributed by atoms with Gasteiger partial charge in [-0.1, -0.05) is 18.2 Å². The molecule has 3 nitrogen and oxygen atoms in total. The van der Waals surface area contributed by atoms with E-state index in [1.54, 1.807) is 13.1 Å². The molecule has 3 heteroatoms. The number of phenolic OH excluding ortho intramolecular Hbond substituents is 1. The fourth-order valence-corrected chi connectivity index (χ4v) is 2.20. The maximum Gasteiger partial charge on any atom is 0.254 e. The number of hydrogen-bond acceptors (Lipinski definition) is 2. The first-order valence-corrected chi connectivity index (χ1v) is 5.50. The van der Waals surface area contributed by atoms with Gasteiger partial charge in [0.15, 0.2) is 0 Å². The van der Waals surface area contributed by atoms with Crippen molar-refractivity contribution in [2.24, 2.45) is 0 Å². The second-order valence-electron chi connectivity index (χ2n) is 4.17. The van der Waals surface area contributed by atoms with E-state index in [2.05, 4.69) is 5.32 Å². The topological polar surface area (TPSA) is 49.3 Å². The standard InChI is InChI=1S/C14H15NO2/c1-8-5-4-6-10-12(8)9(2)7-11(13(10)16)14(17)15-3/h4-7,16H,1-3H3,(H,15,17). The minimum absolute atomic E-state index is 0.0497. The maximum absolute atomic E-state index is 11.6. The van der Waals surface area contributed by atoms with Crippen LogP contribution < -0.4 is 5.32 Å². The minimum atomic E-state index is -0.269. The van der Waals surface area contributed by atoms with E-state index < -0.39 is 0 Å². The van der Waals surface area contributed by atoms with Gasteiger partial charge in [0.05, 0.1) is 5.56 Å². The largest absolute Gasteiger partial charge is 0.506 e. The molecule has 0 saturated heterocycles. The summed E-state index contributed by atoms with van der Waals surface area (Å²) in [6, 6.07) is 7.43. The van der Waals surface area contributed by atoms with Gasteiger partial charge in [-0.2, -0.15) is 0 Å². The Bertz CT molecular complexity index is 603. The van der Waals surface area contributed by atoms with E-state index in [-0.39, 0.29) is 11.7 Å². The van der Waals surface area contributed by atoms with Crippen molar-refractivity contribution in [1.29, 1.82) is 0 Å². The lowest BCUT2D eigenvalue weighted by Gasteiger charge is -2.11. The van der Waals surface area contributed by atoms with Gasteiger partial charge < -0.3 is 10.4 Å². The Hall–Kier alpha value is -2.03. The molecule has 0 aromatic heterocycles. The normalized spacial score (nSPS) is 10.5. The lowest BCUT2D eigenvalue weighted by Crippen LogP contribution is -2.18. The number of nitrogens with one attached hydrogen (secondary N) is 1. The molecule has 0 aliphatic rings. The molecule has 0 spiro atoms. The Morgan fingerprint density at radius 2 is 1.94 bits per heavy atom. The number of aromatic hydroxyl groups is 1. The van der Waals surface area contributed by atoms with Crippen LogP contribution in [-0.2, 0) is 0 Å². The van der Waals surface area contributed by atoms with E-state index >= 15 is 0 Å². The molecule has 0 radical (unpaired) electrons. The van der Waals surface area contributed by atoms with E-state index in [1.165, 1.54) is 0 Å². The van der Waals surface area contributed by atoms with Crippen LogP contribution in [0.5, 0.6) is 5.75 Å². The Balaban J connectivity index is 2.86.